The van der Waals surface area contributed by atoms with Gasteiger partial charge >= 0.3 is 0 Å². The molecule has 0 aliphatic carbocycles. The van der Waals surface area contributed by atoms with Crippen LogP contribution in [0.5, 0.6) is 0 Å². The average Bonchev–Trinajstić information content (AvgIpc) is 3.16. The maximum absolute atomic E-state index is 12.9. The highest BCUT2D eigenvalue weighted by atomic mass is 35.5. The van der Waals surface area contributed by atoms with Gasteiger partial charge in [0.15, 0.2) is 10.0 Å². The summed E-state index contributed by atoms with van der Waals surface area (Å²) in [6.07, 6.45) is 1.13. The molecule has 0 aliphatic rings. The fourth-order valence-electron chi connectivity index (χ4n) is 2.56. The van der Waals surface area contributed by atoms with Crippen LogP contribution in [0.1, 0.15) is 12.6 Å². The van der Waals surface area contributed by atoms with Crippen LogP contribution in [0.25, 0.3) is 6.08 Å². The maximum Gasteiger partial charge on any atom is 0.230 e. The third-order valence-corrected chi connectivity index (χ3v) is 7.12. The summed E-state index contributed by atoms with van der Waals surface area (Å²) in [5.74, 6) is -0.259. The standard InChI is InChI=1S/C20H13Cl2N3O3S2/c1-13(26)25(16-5-3-2-4-6-16)20-24-15(12-29-20)10-17(11-23)30(27,28)19-9-14(21)7-8-18(19)22/h2-10,12H,1H3/b17-10+. The van der Waals surface area contributed by atoms with Crippen LogP contribution in [0.2, 0.25) is 10.0 Å². The maximum atomic E-state index is 12.9. The summed E-state index contributed by atoms with van der Waals surface area (Å²) in [6, 6.07) is 14.6. The number of sulfone groups is 1. The van der Waals surface area contributed by atoms with Gasteiger partial charge in [-0.1, -0.05) is 41.4 Å². The van der Waals surface area contributed by atoms with Crippen molar-refractivity contribution >= 4 is 67.2 Å². The number of anilines is 2. The minimum absolute atomic E-state index is 0.0497. The molecule has 3 rings (SSSR count). The van der Waals surface area contributed by atoms with Gasteiger partial charge in [-0.15, -0.1) is 11.3 Å². The number of halogens is 2. The Morgan fingerprint density at radius 3 is 2.53 bits per heavy atom. The van der Waals surface area contributed by atoms with E-state index in [4.69, 9.17) is 23.2 Å². The molecule has 0 spiro atoms. The van der Waals surface area contributed by atoms with Crippen molar-refractivity contribution in [3.05, 3.63) is 74.6 Å². The molecule has 0 atom stereocenters. The highest BCUT2D eigenvalue weighted by Crippen LogP contribution is 2.32. The van der Waals surface area contributed by atoms with Crippen molar-refractivity contribution in [1.29, 1.82) is 5.26 Å². The lowest BCUT2D eigenvalue weighted by Gasteiger charge is -2.17. The normalized spacial score (nSPS) is 11.7. The van der Waals surface area contributed by atoms with E-state index in [-0.39, 0.29) is 26.5 Å². The van der Waals surface area contributed by atoms with Crippen LogP contribution in [0.15, 0.2) is 63.7 Å². The van der Waals surface area contributed by atoms with Crippen LogP contribution in [0.3, 0.4) is 0 Å². The molecule has 3 aromatic rings. The quantitative estimate of drug-likeness (QED) is 0.454. The summed E-state index contributed by atoms with van der Waals surface area (Å²) >= 11 is 13.0. The highest BCUT2D eigenvalue weighted by Gasteiger charge is 2.25. The lowest BCUT2D eigenvalue weighted by Crippen LogP contribution is -2.22. The third-order valence-electron chi connectivity index (χ3n) is 3.89. The monoisotopic (exact) mass is 477 g/mol. The van der Waals surface area contributed by atoms with E-state index in [1.54, 1.807) is 35.7 Å². The van der Waals surface area contributed by atoms with Crippen molar-refractivity contribution in [2.24, 2.45) is 0 Å². The Morgan fingerprint density at radius 2 is 1.90 bits per heavy atom. The lowest BCUT2D eigenvalue weighted by atomic mass is 10.3. The summed E-state index contributed by atoms with van der Waals surface area (Å²) in [5, 5.41) is 11.5. The Labute approximate surface area is 187 Å². The number of thiazole rings is 1. The zero-order chi connectivity index (χ0) is 21.9. The van der Waals surface area contributed by atoms with Crippen molar-refractivity contribution in [2.45, 2.75) is 11.8 Å². The van der Waals surface area contributed by atoms with E-state index in [1.807, 2.05) is 6.07 Å². The third kappa shape index (κ3) is 4.55. The fourth-order valence-corrected chi connectivity index (χ4v) is 5.30. The van der Waals surface area contributed by atoms with Crippen LogP contribution in [0.4, 0.5) is 10.8 Å². The van der Waals surface area contributed by atoms with Crippen molar-refractivity contribution < 1.29 is 13.2 Å². The first kappa shape index (κ1) is 22.0. The van der Waals surface area contributed by atoms with Gasteiger partial charge in [-0.3, -0.25) is 9.69 Å². The Hall–Kier alpha value is -2.70. The second-order valence-corrected chi connectivity index (χ2v) is 9.51. The first-order valence-electron chi connectivity index (χ1n) is 8.37. The van der Waals surface area contributed by atoms with Crippen LogP contribution in [-0.4, -0.2) is 19.3 Å². The number of nitrogens with zero attached hydrogens (tertiary/aromatic N) is 3. The van der Waals surface area contributed by atoms with Crippen molar-refractivity contribution in [3.8, 4) is 6.07 Å². The molecular formula is C20H13Cl2N3O3S2. The predicted octanol–water partition coefficient (Wildman–Crippen LogP) is 5.47. The predicted molar refractivity (Wildman–Crippen MR) is 119 cm³/mol. The van der Waals surface area contributed by atoms with E-state index >= 15 is 0 Å². The van der Waals surface area contributed by atoms with Gasteiger partial charge in [0.05, 0.1) is 21.3 Å². The molecule has 0 fully saturated rings. The summed E-state index contributed by atoms with van der Waals surface area (Å²) < 4.78 is 25.8. The first-order chi connectivity index (χ1) is 14.2. The number of benzene rings is 2. The fraction of sp³-hybridized carbons (Fsp3) is 0.0500. The number of amides is 1. The van der Waals surface area contributed by atoms with E-state index in [0.29, 0.717) is 10.8 Å². The average molecular weight is 478 g/mol. The van der Waals surface area contributed by atoms with Crippen molar-refractivity contribution in [3.63, 3.8) is 0 Å². The number of nitriles is 1. The topological polar surface area (TPSA) is 91.1 Å². The summed E-state index contributed by atoms with van der Waals surface area (Å²) in [5.41, 5.74) is 0.837. The molecule has 2 aromatic carbocycles. The molecule has 10 heteroatoms. The highest BCUT2D eigenvalue weighted by molar-refractivity contribution is 7.95. The summed E-state index contributed by atoms with van der Waals surface area (Å²) in [6.45, 7) is 1.40. The van der Waals surface area contributed by atoms with Gasteiger partial charge in [-0.2, -0.15) is 5.26 Å². The zero-order valence-corrected chi connectivity index (χ0v) is 18.6. The van der Waals surface area contributed by atoms with Gasteiger partial charge in [0.25, 0.3) is 0 Å². The number of carbonyl (C=O) groups is 1. The SMILES string of the molecule is CC(=O)N(c1ccccc1)c1nc(/C=C(\C#N)S(=O)(=O)c2cc(Cl)ccc2Cl)cs1. The molecule has 0 unspecified atom stereocenters. The lowest BCUT2D eigenvalue weighted by molar-refractivity contribution is -0.115. The Balaban J connectivity index is 2.02. The molecule has 6 nitrogen and oxygen atoms in total. The molecule has 1 amide bonds. The molecule has 0 radical (unpaired) electrons. The molecule has 152 valence electrons. The Bertz CT molecular complexity index is 1280. The molecule has 0 N–H and O–H groups in total. The van der Waals surface area contributed by atoms with E-state index in [9.17, 15) is 18.5 Å². The van der Waals surface area contributed by atoms with Gasteiger partial charge in [-0.25, -0.2) is 13.4 Å². The molecule has 0 saturated heterocycles. The van der Waals surface area contributed by atoms with Crippen molar-refractivity contribution in [1.82, 2.24) is 4.98 Å². The van der Waals surface area contributed by atoms with Gasteiger partial charge in [0, 0.05) is 17.3 Å². The molecular weight excluding hydrogens is 465 g/mol. The van der Waals surface area contributed by atoms with Gasteiger partial charge < -0.3 is 0 Å². The Morgan fingerprint density at radius 1 is 1.20 bits per heavy atom. The molecule has 1 aromatic heterocycles. The molecule has 0 aliphatic heterocycles. The number of rotatable bonds is 5. The number of hydrogen-bond acceptors (Lipinski definition) is 6. The van der Waals surface area contributed by atoms with Gasteiger partial charge in [0.2, 0.25) is 15.7 Å². The molecule has 1 heterocycles. The molecule has 0 saturated carbocycles. The van der Waals surface area contributed by atoms with Crippen molar-refractivity contribution in [2.75, 3.05) is 4.90 Å². The molecule has 0 bridgehead atoms. The summed E-state index contributed by atoms with van der Waals surface area (Å²) in [7, 11) is -4.21. The van der Waals surface area contributed by atoms with Crippen LogP contribution < -0.4 is 4.90 Å². The van der Waals surface area contributed by atoms with Crippen LogP contribution in [-0.2, 0) is 14.6 Å². The number of para-hydroxylation sites is 1. The van der Waals surface area contributed by atoms with E-state index in [0.717, 1.165) is 17.4 Å². The Kier molecular flexibility index (Phi) is 6.58. The van der Waals surface area contributed by atoms with Gasteiger partial charge in [-0.05, 0) is 36.4 Å². The number of aromatic nitrogens is 1. The number of allylic oxidation sites excluding steroid dienone is 1. The minimum atomic E-state index is -4.21. The van der Waals surface area contributed by atoms with E-state index in [2.05, 4.69) is 4.98 Å². The van der Waals surface area contributed by atoms with E-state index < -0.39 is 14.7 Å². The number of hydrogen-bond donors (Lipinski definition) is 0. The van der Waals surface area contributed by atoms with Crippen LogP contribution in [0, 0.1) is 11.3 Å². The second-order valence-electron chi connectivity index (χ2n) is 5.94. The second kappa shape index (κ2) is 8.98. The van der Waals surface area contributed by atoms with Crippen LogP contribution >= 0.6 is 34.5 Å². The largest absolute Gasteiger partial charge is 0.274 e. The zero-order valence-electron chi connectivity index (χ0n) is 15.4. The van der Waals surface area contributed by atoms with Gasteiger partial charge in [0.1, 0.15) is 6.07 Å². The number of carbonyl (C=O) groups excluding carboxylic acids is 1. The smallest absolute Gasteiger partial charge is 0.230 e. The summed E-state index contributed by atoms with van der Waals surface area (Å²) in [4.78, 5) is 17.1. The molecule has 30 heavy (non-hydrogen) atoms. The first-order valence-corrected chi connectivity index (χ1v) is 11.5. The van der Waals surface area contributed by atoms with E-state index in [1.165, 1.54) is 30.0 Å². The minimum Gasteiger partial charge on any atom is -0.274 e.